The molecule has 0 saturated carbocycles. The van der Waals surface area contributed by atoms with E-state index in [9.17, 15) is 4.79 Å². The average Bonchev–Trinajstić information content (AvgIpc) is 2.41. The number of nitrogens with zero attached hydrogens (tertiary/aromatic N) is 1. The largest absolute Gasteiger partial charge is 0.365 e. The molecule has 0 amide bonds. The van der Waals surface area contributed by atoms with Crippen LogP contribution < -0.4 is 0 Å². The zero-order chi connectivity index (χ0) is 13.7. The number of hydrogen-bond acceptors (Lipinski definition) is 3. The number of oxime groups is 1. The summed E-state index contributed by atoms with van der Waals surface area (Å²) >= 11 is 5.73. The van der Waals surface area contributed by atoms with Crippen LogP contribution in [0.15, 0.2) is 53.7 Å². The molecule has 0 fully saturated rings. The molecule has 2 aromatic rings. The van der Waals surface area contributed by atoms with Crippen molar-refractivity contribution in [2.45, 2.75) is 6.92 Å². The summed E-state index contributed by atoms with van der Waals surface area (Å²) in [6.07, 6.45) is 1.49. The summed E-state index contributed by atoms with van der Waals surface area (Å²) < 4.78 is 0. The Bertz CT molecular complexity index is 589. The van der Waals surface area contributed by atoms with Gasteiger partial charge in [0.1, 0.15) is 0 Å². The lowest BCUT2D eigenvalue weighted by Gasteiger charge is -1.98. The lowest BCUT2D eigenvalue weighted by Crippen LogP contribution is -2.00. The van der Waals surface area contributed by atoms with Gasteiger partial charge in [0.05, 0.1) is 11.8 Å². The molecule has 0 aliphatic carbocycles. The van der Waals surface area contributed by atoms with Crippen molar-refractivity contribution in [1.82, 2.24) is 0 Å². The van der Waals surface area contributed by atoms with Gasteiger partial charge in [-0.2, -0.15) is 0 Å². The van der Waals surface area contributed by atoms with E-state index in [2.05, 4.69) is 5.16 Å². The van der Waals surface area contributed by atoms with Crippen LogP contribution in [0.1, 0.15) is 21.5 Å². The van der Waals surface area contributed by atoms with Gasteiger partial charge >= 0.3 is 5.97 Å². The third-order valence-corrected chi connectivity index (χ3v) is 2.75. The van der Waals surface area contributed by atoms with E-state index in [0.717, 1.165) is 11.1 Å². The minimum atomic E-state index is -0.514. The molecule has 19 heavy (non-hydrogen) atoms. The summed E-state index contributed by atoms with van der Waals surface area (Å²) in [6.45, 7) is 2.00. The molecule has 0 aliphatic heterocycles. The van der Waals surface area contributed by atoms with Gasteiger partial charge in [-0.15, -0.1) is 0 Å². The standard InChI is InChI=1S/C15H12ClNO2/c1-11-2-4-12(5-3-11)10-17-19-15(18)13-6-8-14(16)9-7-13/h2-10H,1H3/b17-10+. The maximum absolute atomic E-state index is 11.6. The first-order valence-electron chi connectivity index (χ1n) is 5.72. The molecule has 0 radical (unpaired) electrons. The molecule has 0 N–H and O–H groups in total. The van der Waals surface area contributed by atoms with E-state index in [0.29, 0.717) is 10.6 Å². The summed E-state index contributed by atoms with van der Waals surface area (Å²) in [5.74, 6) is -0.514. The van der Waals surface area contributed by atoms with Gasteiger partial charge in [-0.25, -0.2) is 4.79 Å². The average molecular weight is 274 g/mol. The van der Waals surface area contributed by atoms with Crippen molar-refractivity contribution in [3.05, 3.63) is 70.2 Å². The quantitative estimate of drug-likeness (QED) is 0.484. The molecule has 0 saturated heterocycles. The number of rotatable bonds is 3. The first-order valence-corrected chi connectivity index (χ1v) is 6.10. The number of carbonyl (C=O) groups excluding carboxylic acids is 1. The fraction of sp³-hybridized carbons (Fsp3) is 0.0667. The van der Waals surface area contributed by atoms with Gasteiger partial charge in [-0.05, 0) is 36.8 Å². The summed E-state index contributed by atoms with van der Waals surface area (Å²) in [7, 11) is 0. The van der Waals surface area contributed by atoms with Crippen molar-refractivity contribution < 1.29 is 9.63 Å². The van der Waals surface area contributed by atoms with E-state index in [1.165, 1.54) is 6.21 Å². The van der Waals surface area contributed by atoms with Gasteiger partial charge in [-0.3, -0.25) is 0 Å². The predicted octanol–water partition coefficient (Wildman–Crippen LogP) is 3.84. The smallest absolute Gasteiger partial charge is 0.313 e. The zero-order valence-corrected chi connectivity index (χ0v) is 11.1. The van der Waals surface area contributed by atoms with Crippen LogP contribution in [0.5, 0.6) is 0 Å². The molecule has 0 aliphatic rings. The summed E-state index contributed by atoms with van der Waals surface area (Å²) in [6, 6.07) is 14.1. The van der Waals surface area contributed by atoms with Crippen LogP contribution in [0.25, 0.3) is 0 Å². The van der Waals surface area contributed by atoms with Crippen LogP contribution in [0.3, 0.4) is 0 Å². The highest BCUT2D eigenvalue weighted by Gasteiger charge is 2.05. The maximum Gasteiger partial charge on any atom is 0.365 e. The highest BCUT2D eigenvalue weighted by atomic mass is 35.5. The van der Waals surface area contributed by atoms with E-state index >= 15 is 0 Å². The Morgan fingerprint density at radius 1 is 1.11 bits per heavy atom. The molecular formula is C15H12ClNO2. The Balaban J connectivity index is 1.96. The number of aryl methyl sites for hydroxylation is 1. The molecule has 0 spiro atoms. The van der Waals surface area contributed by atoms with E-state index in [1.54, 1.807) is 24.3 Å². The first kappa shape index (κ1) is 13.3. The van der Waals surface area contributed by atoms with Crippen molar-refractivity contribution in [2.75, 3.05) is 0 Å². The minimum Gasteiger partial charge on any atom is -0.313 e. The number of carbonyl (C=O) groups is 1. The summed E-state index contributed by atoms with van der Waals surface area (Å²) in [5, 5.41) is 4.23. The van der Waals surface area contributed by atoms with E-state index in [-0.39, 0.29) is 0 Å². The van der Waals surface area contributed by atoms with Gasteiger partial charge in [0.25, 0.3) is 0 Å². The van der Waals surface area contributed by atoms with Crippen LogP contribution in [0.4, 0.5) is 0 Å². The number of halogens is 1. The fourth-order valence-electron chi connectivity index (χ4n) is 1.43. The van der Waals surface area contributed by atoms with Gasteiger partial charge in [0, 0.05) is 5.02 Å². The predicted molar refractivity (Wildman–Crippen MR) is 75.6 cm³/mol. The SMILES string of the molecule is Cc1ccc(/C=N/OC(=O)c2ccc(Cl)cc2)cc1. The second-order valence-corrected chi connectivity index (χ2v) is 4.47. The number of benzene rings is 2. The van der Waals surface area contributed by atoms with Gasteiger partial charge < -0.3 is 4.84 Å². The summed E-state index contributed by atoms with van der Waals surface area (Å²) in [4.78, 5) is 16.4. The molecule has 3 nitrogen and oxygen atoms in total. The molecule has 2 aromatic carbocycles. The first-order chi connectivity index (χ1) is 9.15. The minimum absolute atomic E-state index is 0.408. The Morgan fingerprint density at radius 2 is 1.74 bits per heavy atom. The second kappa shape index (κ2) is 6.16. The Morgan fingerprint density at radius 3 is 2.37 bits per heavy atom. The third kappa shape index (κ3) is 3.93. The van der Waals surface area contributed by atoms with Crippen LogP contribution in [0, 0.1) is 6.92 Å². The third-order valence-electron chi connectivity index (χ3n) is 2.49. The monoisotopic (exact) mass is 273 g/mol. The van der Waals surface area contributed by atoms with Crippen LogP contribution in [0.2, 0.25) is 5.02 Å². The van der Waals surface area contributed by atoms with Gasteiger partial charge in [0.2, 0.25) is 0 Å². The molecule has 0 heterocycles. The molecule has 0 bridgehead atoms. The lowest BCUT2D eigenvalue weighted by molar-refractivity contribution is 0.0519. The highest BCUT2D eigenvalue weighted by molar-refractivity contribution is 6.30. The van der Waals surface area contributed by atoms with E-state index in [4.69, 9.17) is 16.4 Å². The normalized spacial score (nSPS) is 10.6. The van der Waals surface area contributed by atoms with Gasteiger partial charge in [0.15, 0.2) is 0 Å². The number of hydrogen-bond donors (Lipinski definition) is 0. The van der Waals surface area contributed by atoms with E-state index in [1.807, 2.05) is 31.2 Å². The van der Waals surface area contributed by atoms with Crippen LogP contribution in [-0.2, 0) is 4.84 Å². The van der Waals surface area contributed by atoms with Gasteiger partial charge in [-0.1, -0.05) is 46.6 Å². The molecule has 96 valence electrons. The molecular weight excluding hydrogens is 262 g/mol. The lowest BCUT2D eigenvalue weighted by atomic mass is 10.2. The second-order valence-electron chi connectivity index (χ2n) is 4.03. The molecule has 0 aromatic heterocycles. The molecule has 0 unspecified atom stereocenters. The van der Waals surface area contributed by atoms with Crippen molar-refractivity contribution in [3.8, 4) is 0 Å². The van der Waals surface area contributed by atoms with Crippen molar-refractivity contribution >= 4 is 23.8 Å². The Kier molecular flexibility index (Phi) is 4.31. The van der Waals surface area contributed by atoms with Crippen molar-refractivity contribution in [1.29, 1.82) is 0 Å². The van der Waals surface area contributed by atoms with Crippen LogP contribution in [-0.4, -0.2) is 12.2 Å². The summed E-state index contributed by atoms with van der Waals surface area (Å²) in [5.41, 5.74) is 2.44. The molecule has 2 rings (SSSR count). The van der Waals surface area contributed by atoms with Crippen LogP contribution >= 0.6 is 11.6 Å². The fourth-order valence-corrected chi connectivity index (χ4v) is 1.55. The van der Waals surface area contributed by atoms with Crippen molar-refractivity contribution in [3.63, 3.8) is 0 Å². The Labute approximate surface area is 116 Å². The van der Waals surface area contributed by atoms with Crippen molar-refractivity contribution in [2.24, 2.45) is 5.16 Å². The maximum atomic E-state index is 11.6. The molecule has 4 heteroatoms. The molecule has 0 atom stereocenters. The zero-order valence-electron chi connectivity index (χ0n) is 10.3. The highest BCUT2D eigenvalue weighted by Crippen LogP contribution is 2.10. The Hall–Kier alpha value is -2.13. The topological polar surface area (TPSA) is 38.7 Å². The van der Waals surface area contributed by atoms with E-state index < -0.39 is 5.97 Å².